The summed E-state index contributed by atoms with van der Waals surface area (Å²) in [6.07, 6.45) is 0.337. The normalized spacial score (nSPS) is 23.1. The fourth-order valence-corrected chi connectivity index (χ4v) is 2.98. The Morgan fingerprint density at radius 1 is 1.41 bits per heavy atom. The summed E-state index contributed by atoms with van der Waals surface area (Å²) in [5, 5.41) is 11.9. The average molecular weight is 310 g/mol. The number of aliphatic hydroxyl groups excluding tert-OH is 1. The molecular formula is C15H16F2N2O3. The SMILES string of the molecule is O=C1CCc2cc(C(=O)N3CC(F)(F)CC3CO)ccc2N1. The molecule has 0 aliphatic carbocycles. The van der Waals surface area contributed by atoms with Crippen molar-refractivity contribution in [2.45, 2.75) is 31.2 Å². The van der Waals surface area contributed by atoms with Crippen LogP contribution < -0.4 is 5.32 Å². The minimum atomic E-state index is -2.97. The topological polar surface area (TPSA) is 69.6 Å². The van der Waals surface area contributed by atoms with E-state index in [2.05, 4.69) is 5.32 Å². The quantitative estimate of drug-likeness (QED) is 0.868. The van der Waals surface area contributed by atoms with E-state index in [9.17, 15) is 23.5 Å². The van der Waals surface area contributed by atoms with Crippen molar-refractivity contribution in [3.63, 3.8) is 0 Å². The Labute approximate surface area is 125 Å². The zero-order valence-electron chi connectivity index (χ0n) is 11.8. The van der Waals surface area contributed by atoms with E-state index in [1.54, 1.807) is 12.1 Å². The van der Waals surface area contributed by atoms with Gasteiger partial charge in [-0.25, -0.2) is 8.78 Å². The summed E-state index contributed by atoms with van der Waals surface area (Å²) in [6.45, 7) is -1.16. The molecule has 1 aromatic carbocycles. The molecule has 1 unspecified atom stereocenters. The number of fused-ring (bicyclic) bond motifs is 1. The Morgan fingerprint density at radius 2 is 2.18 bits per heavy atom. The van der Waals surface area contributed by atoms with E-state index in [0.29, 0.717) is 24.1 Å². The number of alkyl halides is 2. The lowest BCUT2D eigenvalue weighted by Crippen LogP contribution is -2.38. The van der Waals surface area contributed by atoms with Gasteiger partial charge >= 0.3 is 0 Å². The minimum absolute atomic E-state index is 0.0777. The van der Waals surface area contributed by atoms with Gasteiger partial charge in [0.05, 0.1) is 19.2 Å². The van der Waals surface area contributed by atoms with Crippen molar-refractivity contribution in [1.82, 2.24) is 4.90 Å². The number of nitrogens with zero attached hydrogens (tertiary/aromatic N) is 1. The van der Waals surface area contributed by atoms with Crippen LogP contribution >= 0.6 is 0 Å². The van der Waals surface area contributed by atoms with Crippen LogP contribution in [0.2, 0.25) is 0 Å². The molecule has 0 radical (unpaired) electrons. The van der Waals surface area contributed by atoms with E-state index in [1.165, 1.54) is 6.07 Å². The predicted molar refractivity (Wildman–Crippen MR) is 74.9 cm³/mol. The van der Waals surface area contributed by atoms with E-state index in [0.717, 1.165) is 10.5 Å². The van der Waals surface area contributed by atoms with Gasteiger partial charge in [-0.2, -0.15) is 0 Å². The number of anilines is 1. The highest BCUT2D eigenvalue weighted by Crippen LogP contribution is 2.33. The van der Waals surface area contributed by atoms with Crippen molar-refractivity contribution in [3.8, 4) is 0 Å². The number of hydrogen-bond acceptors (Lipinski definition) is 3. The molecule has 22 heavy (non-hydrogen) atoms. The first-order valence-corrected chi connectivity index (χ1v) is 7.12. The fraction of sp³-hybridized carbons (Fsp3) is 0.467. The van der Waals surface area contributed by atoms with Gasteiger partial charge in [0.2, 0.25) is 5.91 Å². The van der Waals surface area contributed by atoms with Crippen LogP contribution in [0.1, 0.15) is 28.8 Å². The van der Waals surface area contributed by atoms with Crippen LogP contribution in [0.25, 0.3) is 0 Å². The van der Waals surface area contributed by atoms with Crippen LogP contribution in [0.15, 0.2) is 18.2 Å². The molecule has 0 aromatic heterocycles. The minimum Gasteiger partial charge on any atom is -0.394 e. The molecule has 7 heteroatoms. The second-order valence-electron chi connectivity index (χ2n) is 5.75. The lowest BCUT2D eigenvalue weighted by atomic mass is 10.00. The maximum absolute atomic E-state index is 13.5. The first-order valence-electron chi connectivity index (χ1n) is 7.12. The average Bonchev–Trinajstić information content (AvgIpc) is 2.81. The molecule has 2 heterocycles. The maximum atomic E-state index is 13.5. The Hall–Kier alpha value is -2.02. The molecule has 3 rings (SSSR count). The van der Waals surface area contributed by atoms with Crippen LogP contribution in [0.3, 0.4) is 0 Å². The van der Waals surface area contributed by atoms with Crippen molar-refractivity contribution >= 4 is 17.5 Å². The summed E-state index contributed by atoms with van der Waals surface area (Å²) in [4.78, 5) is 24.8. The first kappa shape index (κ1) is 14.9. The molecule has 0 bridgehead atoms. The first-order chi connectivity index (χ1) is 10.4. The van der Waals surface area contributed by atoms with Crippen molar-refractivity contribution in [2.24, 2.45) is 0 Å². The molecule has 0 spiro atoms. The molecule has 5 nitrogen and oxygen atoms in total. The number of likely N-dealkylation sites (tertiary alicyclic amines) is 1. The smallest absolute Gasteiger partial charge is 0.267 e. The predicted octanol–water partition coefficient (Wildman–Crippen LogP) is 1.41. The van der Waals surface area contributed by atoms with Crippen LogP contribution in [-0.4, -0.2) is 46.9 Å². The van der Waals surface area contributed by atoms with Crippen molar-refractivity contribution in [3.05, 3.63) is 29.3 Å². The van der Waals surface area contributed by atoms with Gasteiger partial charge in [-0.3, -0.25) is 9.59 Å². The third-order valence-electron chi connectivity index (χ3n) is 4.10. The van der Waals surface area contributed by atoms with Gasteiger partial charge in [-0.15, -0.1) is 0 Å². The van der Waals surface area contributed by atoms with Crippen molar-refractivity contribution in [2.75, 3.05) is 18.5 Å². The number of hydrogen-bond donors (Lipinski definition) is 2. The Kier molecular flexibility index (Phi) is 3.60. The summed E-state index contributed by atoms with van der Waals surface area (Å²) < 4.78 is 26.9. The second kappa shape index (κ2) is 5.31. The van der Waals surface area contributed by atoms with Gasteiger partial charge in [0.15, 0.2) is 0 Å². The van der Waals surface area contributed by atoms with Crippen LogP contribution in [-0.2, 0) is 11.2 Å². The largest absolute Gasteiger partial charge is 0.394 e. The number of aryl methyl sites for hydroxylation is 1. The summed E-state index contributed by atoms with van der Waals surface area (Å²) in [5.41, 5.74) is 1.77. The molecular weight excluding hydrogens is 294 g/mol. The van der Waals surface area contributed by atoms with E-state index in [4.69, 9.17) is 0 Å². The molecule has 0 saturated carbocycles. The fourth-order valence-electron chi connectivity index (χ4n) is 2.98. The number of halogens is 2. The molecule has 1 saturated heterocycles. The molecule has 118 valence electrons. The zero-order valence-corrected chi connectivity index (χ0v) is 11.8. The lowest BCUT2D eigenvalue weighted by Gasteiger charge is -2.23. The number of amides is 2. The number of carbonyl (C=O) groups is 2. The molecule has 2 aliphatic rings. The van der Waals surface area contributed by atoms with Crippen LogP contribution in [0.5, 0.6) is 0 Å². The van der Waals surface area contributed by atoms with Crippen molar-refractivity contribution in [1.29, 1.82) is 0 Å². The third-order valence-corrected chi connectivity index (χ3v) is 4.10. The standard InChI is InChI=1S/C15H16F2N2O3/c16-15(17)6-11(7-20)19(8-15)14(22)10-1-3-12-9(5-10)2-4-13(21)18-12/h1,3,5,11,20H,2,4,6-8H2,(H,18,21). The Bertz CT molecular complexity index is 633. The lowest BCUT2D eigenvalue weighted by molar-refractivity contribution is -0.116. The highest BCUT2D eigenvalue weighted by Gasteiger charge is 2.46. The number of carbonyl (C=O) groups excluding carboxylic acids is 2. The summed E-state index contributed by atoms with van der Waals surface area (Å²) in [7, 11) is 0. The van der Waals surface area contributed by atoms with Gasteiger partial charge in [-0.05, 0) is 30.2 Å². The zero-order chi connectivity index (χ0) is 15.9. The van der Waals surface area contributed by atoms with Gasteiger partial charge in [0.1, 0.15) is 0 Å². The molecule has 2 amide bonds. The third kappa shape index (κ3) is 2.68. The van der Waals surface area contributed by atoms with Gasteiger partial charge in [0, 0.05) is 24.1 Å². The van der Waals surface area contributed by atoms with Crippen LogP contribution in [0, 0.1) is 0 Å². The molecule has 1 aromatic rings. The second-order valence-corrected chi connectivity index (χ2v) is 5.75. The van der Waals surface area contributed by atoms with Crippen LogP contribution in [0.4, 0.5) is 14.5 Å². The van der Waals surface area contributed by atoms with E-state index >= 15 is 0 Å². The number of nitrogens with one attached hydrogen (secondary N) is 1. The van der Waals surface area contributed by atoms with Gasteiger partial charge < -0.3 is 15.3 Å². The molecule has 1 atom stereocenters. The highest BCUT2D eigenvalue weighted by molar-refractivity contribution is 5.98. The summed E-state index contributed by atoms with van der Waals surface area (Å²) in [6, 6.07) is 3.89. The van der Waals surface area contributed by atoms with E-state index in [-0.39, 0.29) is 5.91 Å². The summed E-state index contributed by atoms with van der Waals surface area (Å²) in [5.74, 6) is -3.56. The van der Waals surface area contributed by atoms with E-state index < -0.39 is 37.4 Å². The monoisotopic (exact) mass is 310 g/mol. The molecule has 1 fully saturated rings. The number of aliphatic hydroxyl groups is 1. The Balaban J connectivity index is 1.85. The Morgan fingerprint density at radius 3 is 2.91 bits per heavy atom. The number of rotatable bonds is 2. The summed E-state index contributed by atoms with van der Waals surface area (Å²) >= 11 is 0. The number of benzene rings is 1. The molecule has 2 aliphatic heterocycles. The highest BCUT2D eigenvalue weighted by atomic mass is 19.3. The van der Waals surface area contributed by atoms with Gasteiger partial charge in [-0.1, -0.05) is 0 Å². The van der Waals surface area contributed by atoms with E-state index in [1.807, 2.05) is 0 Å². The maximum Gasteiger partial charge on any atom is 0.267 e. The van der Waals surface area contributed by atoms with Crippen molar-refractivity contribution < 1.29 is 23.5 Å². The van der Waals surface area contributed by atoms with Gasteiger partial charge in [0.25, 0.3) is 11.8 Å². The molecule has 2 N–H and O–H groups in total.